The van der Waals surface area contributed by atoms with Gasteiger partial charge in [0, 0.05) is 24.4 Å². The van der Waals surface area contributed by atoms with Crippen molar-refractivity contribution in [3.63, 3.8) is 0 Å². The van der Waals surface area contributed by atoms with Gasteiger partial charge in [-0.1, -0.05) is 41.9 Å². The number of hydrogen-bond acceptors (Lipinski definition) is 5. The summed E-state index contributed by atoms with van der Waals surface area (Å²) in [6, 6.07) is 17.3. The second kappa shape index (κ2) is 8.13. The number of esters is 2. The Hall–Kier alpha value is -3.64. The van der Waals surface area contributed by atoms with Crippen LogP contribution in [0.1, 0.15) is 36.1 Å². The highest BCUT2D eigenvalue weighted by Gasteiger charge is 2.50. The van der Waals surface area contributed by atoms with Gasteiger partial charge in [-0.3, -0.25) is 14.4 Å². The first-order valence-corrected chi connectivity index (χ1v) is 10.3. The van der Waals surface area contributed by atoms with Crippen LogP contribution in [0.3, 0.4) is 0 Å². The van der Waals surface area contributed by atoms with Gasteiger partial charge < -0.3 is 14.8 Å². The first-order chi connectivity index (χ1) is 15.2. The van der Waals surface area contributed by atoms with E-state index in [9.17, 15) is 14.4 Å². The lowest BCUT2D eigenvalue weighted by molar-refractivity contribution is -0.132. The highest BCUT2D eigenvalue weighted by atomic mass is 35.5. The maximum Gasteiger partial charge on any atom is 0.308 e. The van der Waals surface area contributed by atoms with E-state index in [1.807, 2.05) is 13.0 Å². The highest BCUT2D eigenvalue weighted by molar-refractivity contribution is 6.32. The fourth-order valence-corrected chi connectivity index (χ4v) is 4.26. The summed E-state index contributed by atoms with van der Waals surface area (Å²) in [5.41, 5.74) is 2.39. The van der Waals surface area contributed by atoms with Crippen molar-refractivity contribution in [1.29, 1.82) is 0 Å². The van der Waals surface area contributed by atoms with Crippen molar-refractivity contribution in [3.8, 4) is 11.5 Å². The first-order valence-electron chi connectivity index (χ1n) is 9.92. The molecule has 0 saturated heterocycles. The molecule has 1 aliphatic heterocycles. The zero-order chi connectivity index (χ0) is 23.0. The quantitative estimate of drug-likeness (QED) is 0.457. The number of carbonyl (C=O) groups is 3. The number of rotatable bonds is 4. The summed E-state index contributed by atoms with van der Waals surface area (Å²) < 4.78 is 10.3. The first kappa shape index (κ1) is 21.6. The Morgan fingerprint density at radius 3 is 1.72 bits per heavy atom. The molecular formula is C25H20ClNO5. The van der Waals surface area contributed by atoms with E-state index >= 15 is 0 Å². The van der Waals surface area contributed by atoms with Crippen LogP contribution in [0.5, 0.6) is 11.5 Å². The monoisotopic (exact) mass is 449 g/mol. The molecule has 0 bridgehead atoms. The SMILES string of the molecule is CC(=O)Oc1ccc(C2(c3ccc(OC(C)=O)cc3)C(=O)Nc3c2ccc(Cl)c3C)cc1. The van der Waals surface area contributed by atoms with Crippen molar-refractivity contribution in [2.24, 2.45) is 0 Å². The molecule has 1 N–H and O–H groups in total. The van der Waals surface area contributed by atoms with Crippen molar-refractivity contribution >= 4 is 35.1 Å². The molecule has 3 aromatic carbocycles. The van der Waals surface area contributed by atoms with Crippen LogP contribution in [0, 0.1) is 6.92 Å². The number of hydrogen-bond donors (Lipinski definition) is 1. The number of anilines is 1. The molecular weight excluding hydrogens is 430 g/mol. The number of halogens is 1. The third-order valence-corrected chi connectivity index (χ3v) is 5.89. The Balaban J connectivity index is 1.93. The predicted molar refractivity (Wildman–Crippen MR) is 120 cm³/mol. The van der Waals surface area contributed by atoms with Crippen LogP contribution >= 0.6 is 11.6 Å². The topological polar surface area (TPSA) is 81.7 Å². The van der Waals surface area contributed by atoms with E-state index in [1.54, 1.807) is 54.6 Å². The molecule has 0 atom stereocenters. The van der Waals surface area contributed by atoms with E-state index in [4.69, 9.17) is 21.1 Å². The van der Waals surface area contributed by atoms with Gasteiger partial charge in [-0.05, 0) is 53.9 Å². The number of amides is 1. The van der Waals surface area contributed by atoms with Gasteiger partial charge in [0.2, 0.25) is 5.91 Å². The third-order valence-electron chi connectivity index (χ3n) is 5.48. The normalized spacial score (nSPS) is 13.8. The second-order valence-corrected chi connectivity index (χ2v) is 7.94. The molecule has 0 spiro atoms. The summed E-state index contributed by atoms with van der Waals surface area (Å²) in [5, 5.41) is 3.55. The third kappa shape index (κ3) is 3.52. The molecule has 32 heavy (non-hydrogen) atoms. The van der Waals surface area contributed by atoms with Crippen LogP contribution in [-0.4, -0.2) is 17.8 Å². The molecule has 6 nitrogen and oxygen atoms in total. The van der Waals surface area contributed by atoms with Crippen molar-refractivity contribution < 1.29 is 23.9 Å². The van der Waals surface area contributed by atoms with Gasteiger partial charge in [0.15, 0.2) is 0 Å². The van der Waals surface area contributed by atoms with Gasteiger partial charge in [0.1, 0.15) is 16.9 Å². The average molecular weight is 450 g/mol. The Morgan fingerprint density at radius 1 is 0.812 bits per heavy atom. The van der Waals surface area contributed by atoms with Gasteiger partial charge in [0.25, 0.3) is 0 Å². The van der Waals surface area contributed by atoms with E-state index in [0.29, 0.717) is 33.3 Å². The Morgan fingerprint density at radius 2 is 1.28 bits per heavy atom. The van der Waals surface area contributed by atoms with Crippen LogP contribution < -0.4 is 14.8 Å². The van der Waals surface area contributed by atoms with Crippen LogP contribution in [0.4, 0.5) is 5.69 Å². The lowest BCUT2D eigenvalue weighted by atomic mass is 9.70. The standard InChI is InChI=1S/C25H20ClNO5/c1-14-22(26)13-12-21-23(14)27-24(30)25(21,17-4-8-19(9-5-17)31-15(2)28)18-6-10-20(11-7-18)32-16(3)29/h4-13H,1-3H3,(H,27,30). The van der Waals surface area contributed by atoms with Crippen LogP contribution in [0.2, 0.25) is 5.02 Å². The Kier molecular flexibility index (Phi) is 5.48. The van der Waals surface area contributed by atoms with E-state index in [2.05, 4.69) is 5.32 Å². The molecule has 162 valence electrons. The van der Waals surface area contributed by atoms with E-state index in [0.717, 1.165) is 11.1 Å². The van der Waals surface area contributed by atoms with Crippen LogP contribution in [0.15, 0.2) is 60.7 Å². The summed E-state index contributed by atoms with van der Waals surface area (Å²) in [6.07, 6.45) is 0. The molecule has 0 unspecified atom stereocenters. The van der Waals surface area contributed by atoms with Crippen molar-refractivity contribution in [2.45, 2.75) is 26.2 Å². The zero-order valence-corrected chi connectivity index (χ0v) is 18.4. The number of ether oxygens (including phenoxy) is 2. The number of benzene rings is 3. The molecule has 4 rings (SSSR count). The molecule has 0 radical (unpaired) electrons. The van der Waals surface area contributed by atoms with Crippen molar-refractivity contribution in [1.82, 2.24) is 0 Å². The minimum atomic E-state index is -1.17. The lowest BCUT2D eigenvalue weighted by Crippen LogP contribution is -2.37. The summed E-state index contributed by atoms with van der Waals surface area (Å²) in [4.78, 5) is 36.2. The van der Waals surface area contributed by atoms with Crippen LogP contribution in [0.25, 0.3) is 0 Å². The van der Waals surface area contributed by atoms with E-state index < -0.39 is 17.4 Å². The van der Waals surface area contributed by atoms with E-state index in [1.165, 1.54) is 13.8 Å². The minimum absolute atomic E-state index is 0.238. The summed E-state index contributed by atoms with van der Waals surface area (Å²) in [7, 11) is 0. The average Bonchev–Trinajstić information content (AvgIpc) is 3.04. The summed E-state index contributed by atoms with van der Waals surface area (Å²) >= 11 is 6.32. The van der Waals surface area contributed by atoms with Gasteiger partial charge in [-0.15, -0.1) is 0 Å². The van der Waals surface area contributed by atoms with E-state index in [-0.39, 0.29) is 5.91 Å². The Bertz CT molecular complexity index is 1170. The van der Waals surface area contributed by atoms with Gasteiger partial charge in [-0.25, -0.2) is 0 Å². The van der Waals surface area contributed by atoms with Gasteiger partial charge >= 0.3 is 11.9 Å². The summed E-state index contributed by atoms with van der Waals surface area (Å²) in [6.45, 7) is 4.51. The highest BCUT2D eigenvalue weighted by Crippen LogP contribution is 2.50. The number of nitrogens with one attached hydrogen (secondary N) is 1. The fourth-order valence-electron chi connectivity index (χ4n) is 4.11. The zero-order valence-electron chi connectivity index (χ0n) is 17.7. The van der Waals surface area contributed by atoms with Crippen LogP contribution in [-0.2, 0) is 19.8 Å². The molecule has 7 heteroatoms. The molecule has 0 aromatic heterocycles. The number of carbonyl (C=O) groups excluding carboxylic acids is 3. The van der Waals surface area contributed by atoms with Gasteiger partial charge in [-0.2, -0.15) is 0 Å². The van der Waals surface area contributed by atoms with Gasteiger partial charge in [0.05, 0.1) is 5.69 Å². The molecule has 1 aliphatic rings. The number of fused-ring (bicyclic) bond motifs is 1. The molecule has 0 saturated carbocycles. The maximum atomic E-state index is 13.6. The van der Waals surface area contributed by atoms with Crippen molar-refractivity contribution in [3.05, 3.63) is 87.9 Å². The molecule has 1 amide bonds. The second-order valence-electron chi connectivity index (χ2n) is 7.54. The largest absolute Gasteiger partial charge is 0.427 e. The van der Waals surface area contributed by atoms with Crippen molar-refractivity contribution in [2.75, 3.05) is 5.32 Å². The molecule has 0 fully saturated rings. The lowest BCUT2D eigenvalue weighted by Gasteiger charge is -2.29. The molecule has 3 aromatic rings. The summed E-state index contributed by atoms with van der Waals surface area (Å²) in [5.74, 6) is -0.330. The Labute approximate surface area is 190 Å². The minimum Gasteiger partial charge on any atom is -0.427 e. The predicted octanol–water partition coefficient (Wildman–Crippen LogP) is 4.79. The smallest absolute Gasteiger partial charge is 0.308 e. The maximum absolute atomic E-state index is 13.6. The molecule has 1 heterocycles. The fraction of sp³-hybridized carbons (Fsp3) is 0.160. The molecule has 0 aliphatic carbocycles.